The number of nitro benzene ring substituents is 1. The molecule has 0 spiro atoms. The number of amides is 2. The third-order valence-electron chi connectivity index (χ3n) is 2.38. The summed E-state index contributed by atoms with van der Waals surface area (Å²) in [5.74, 6) is -0.0918. The molecule has 0 aromatic heterocycles. The summed E-state index contributed by atoms with van der Waals surface area (Å²) >= 11 is 0. The summed E-state index contributed by atoms with van der Waals surface area (Å²) < 4.78 is 5.03. The summed E-state index contributed by atoms with van der Waals surface area (Å²) in [6, 6.07) is 3.36. The number of carbonyl (C=O) groups is 1. The number of hydrogen-bond acceptors (Lipinski definition) is 5. The molecule has 0 aliphatic rings. The Bertz CT molecular complexity index is 595. The van der Waals surface area contributed by atoms with Crippen LogP contribution in [-0.4, -0.2) is 29.6 Å². The van der Waals surface area contributed by atoms with Crippen LogP contribution in [0.5, 0.6) is 5.75 Å². The molecule has 120 valence electrons. The van der Waals surface area contributed by atoms with Crippen LogP contribution in [-0.2, 0) is 0 Å². The molecule has 1 rings (SSSR count). The predicted octanol–water partition coefficient (Wildman–Crippen LogP) is 2.05. The van der Waals surface area contributed by atoms with Crippen LogP contribution in [0.2, 0.25) is 0 Å². The molecule has 9 heteroatoms. The Kier molecular flexibility index (Phi) is 5.28. The zero-order valence-electron chi connectivity index (χ0n) is 12.8. The number of guanidine groups is 1. The van der Waals surface area contributed by atoms with Crippen molar-refractivity contribution in [1.82, 2.24) is 10.6 Å². The van der Waals surface area contributed by atoms with Crippen LogP contribution in [0.4, 0.5) is 16.2 Å². The lowest BCUT2D eigenvalue weighted by Gasteiger charge is -2.21. The fourth-order valence-electron chi connectivity index (χ4n) is 1.55. The Labute approximate surface area is 127 Å². The molecule has 9 nitrogen and oxygen atoms in total. The van der Waals surface area contributed by atoms with E-state index in [1.54, 1.807) is 0 Å². The van der Waals surface area contributed by atoms with Gasteiger partial charge in [0.25, 0.3) is 5.69 Å². The van der Waals surface area contributed by atoms with Crippen molar-refractivity contribution in [2.45, 2.75) is 26.3 Å². The van der Waals surface area contributed by atoms with E-state index < -0.39 is 16.5 Å². The largest absolute Gasteiger partial charge is 0.494 e. The number of nitrogens with one attached hydrogen (secondary N) is 4. The van der Waals surface area contributed by atoms with Crippen molar-refractivity contribution in [3.63, 3.8) is 0 Å². The van der Waals surface area contributed by atoms with Crippen molar-refractivity contribution < 1.29 is 14.5 Å². The highest BCUT2D eigenvalue weighted by molar-refractivity contribution is 6.02. The van der Waals surface area contributed by atoms with Crippen LogP contribution in [0.25, 0.3) is 0 Å². The van der Waals surface area contributed by atoms with Crippen LogP contribution in [0.1, 0.15) is 20.8 Å². The molecular formula is C13H19N5O4. The molecule has 0 saturated heterocycles. The number of methoxy groups -OCH3 is 1. The van der Waals surface area contributed by atoms with Gasteiger partial charge in [0.2, 0.25) is 5.96 Å². The van der Waals surface area contributed by atoms with Gasteiger partial charge in [0, 0.05) is 11.6 Å². The van der Waals surface area contributed by atoms with Gasteiger partial charge in [0.05, 0.1) is 23.8 Å². The minimum atomic E-state index is -0.549. The third-order valence-corrected chi connectivity index (χ3v) is 2.38. The molecule has 0 atom stereocenters. The predicted molar refractivity (Wildman–Crippen MR) is 82.4 cm³/mol. The van der Waals surface area contributed by atoms with Crippen LogP contribution >= 0.6 is 0 Å². The van der Waals surface area contributed by atoms with Gasteiger partial charge in [0.1, 0.15) is 5.75 Å². The molecule has 0 heterocycles. The summed E-state index contributed by atoms with van der Waals surface area (Å²) in [7, 11) is 1.35. The number of urea groups is 1. The Balaban J connectivity index is 2.76. The van der Waals surface area contributed by atoms with Gasteiger partial charge in [-0.3, -0.25) is 20.8 Å². The van der Waals surface area contributed by atoms with Gasteiger partial charge in [-0.05, 0) is 26.8 Å². The van der Waals surface area contributed by atoms with Crippen LogP contribution < -0.4 is 20.7 Å². The lowest BCUT2D eigenvalue weighted by Crippen LogP contribution is -2.49. The number of nitrogens with zero attached hydrogens (tertiary/aromatic N) is 1. The summed E-state index contributed by atoms with van der Waals surface area (Å²) in [4.78, 5) is 21.8. The average Bonchev–Trinajstić information content (AvgIpc) is 2.36. The maximum absolute atomic E-state index is 11.6. The molecule has 0 radical (unpaired) electrons. The standard InChI is InChI=1S/C13H19N5O4/c1-13(2,3)17-12(19)16-11(14)15-9-6-5-8(18(20)21)7-10(9)22-4/h5-7H,1-4H3,(H4,14,15,16,17,19). The van der Waals surface area contributed by atoms with Crippen LogP contribution in [0, 0.1) is 15.5 Å². The molecule has 0 bridgehead atoms. The minimum Gasteiger partial charge on any atom is -0.494 e. The Hall–Kier alpha value is -2.84. The summed E-state index contributed by atoms with van der Waals surface area (Å²) in [5.41, 5.74) is -0.239. The number of ether oxygens (including phenoxy) is 1. The van der Waals surface area contributed by atoms with E-state index in [4.69, 9.17) is 10.1 Å². The number of hydrogen-bond donors (Lipinski definition) is 4. The normalized spacial score (nSPS) is 10.5. The Morgan fingerprint density at radius 1 is 1.36 bits per heavy atom. The number of nitro groups is 1. The van der Waals surface area contributed by atoms with E-state index in [0.717, 1.165) is 0 Å². The molecule has 1 aromatic carbocycles. The zero-order chi connectivity index (χ0) is 16.9. The molecule has 22 heavy (non-hydrogen) atoms. The highest BCUT2D eigenvalue weighted by atomic mass is 16.6. The van der Waals surface area contributed by atoms with Crippen molar-refractivity contribution in [1.29, 1.82) is 5.41 Å². The molecule has 0 saturated carbocycles. The van der Waals surface area contributed by atoms with Crippen molar-refractivity contribution >= 4 is 23.4 Å². The smallest absolute Gasteiger partial charge is 0.321 e. The van der Waals surface area contributed by atoms with E-state index in [2.05, 4.69) is 16.0 Å². The van der Waals surface area contributed by atoms with Gasteiger partial charge in [-0.2, -0.15) is 0 Å². The quantitative estimate of drug-likeness (QED) is 0.294. The number of anilines is 1. The fourth-order valence-corrected chi connectivity index (χ4v) is 1.55. The van der Waals surface area contributed by atoms with Gasteiger partial charge in [0.15, 0.2) is 0 Å². The highest BCUT2D eigenvalue weighted by Crippen LogP contribution is 2.28. The van der Waals surface area contributed by atoms with E-state index in [0.29, 0.717) is 5.69 Å². The zero-order valence-corrected chi connectivity index (χ0v) is 12.8. The highest BCUT2D eigenvalue weighted by Gasteiger charge is 2.16. The monoisotopic (exact) mass is 309 g/mol. The second kappa shape index (κ2) is 6.74. The Morgan fingerprint density at radius 3 is 2.50 bits per heavy atom. The molecule has 0 aliphatic carbocycles. The van der Waals surface area contributed by atoms with Gasteiger partial charge >= 0.3 is 6.03 Å². The summed E-state index contributed by atoms with van der Waals surface area (Å²) in [6.07, 6.45) is 0. The maximum atomic E-state index is 11.6. The molecular weight excluding hydrogens is 290 g/mol. The third kappa shape index (κ3) is 5.27. The van der Waals surface area contributed by atoms with E-state index in [1.165, 1.54) is 25.3 Å². The topological polar surface area (TPSA) is 129 Å². The van der Waals surface area contributed by atoms with Crippen molar-refractivity contribution in [3.05, 3.63) is 28.3 Å². The van der Waals surface area contributed by atoms with Gasteiger partial charge in [-0.15, -0.1) is 0 Å². The van der Waals surface area contributed by atoms with Gasteiger partial charge < -0.3 is 15.4 Å². The molecule has 2 amide bonds. The first-order valence-electron chi connectivity index (χ1n) is 6.39. The number of benzene rings is 1. The van der Waals surface area contributed by atoms with Gasteiger partial charge in [-0.25, -0.2) is 4.79 Å². The van der Waals surface area contributed by atoms with Gasteiger partial charge in [-0.1, -0.05) is 0 Å². The lowest BCUT2D eigenvalue weighted by atomic mass is 10.1. The first-order chi connectivity index (χ1) is 10.1. The fraction of sp³-hybridized carbons (Fsp3) is 0.385. The lowest BCUT2D eigenvalue weighted by molar-refractivity contribution is -0.384. The first kappa shape index (κ1) is 17.2. The van der Waals surface area contributed by atoms with E-state index >= 15 is 0 Å². The summed E-state index contributed by atoms with van der Waals surface area (Å²) in [6.45, 7) is 5.43. The molecule has 4 N–H and O–H groups in total. The number of carbonyl (C=O) groups excluding carboxylic acids is 1. The average molecular weight is 309 g/mol. The van der Waals surface area contributed by atoms with Crippen molar-refractivity contribution in [2.24, 2.45) is 0 Å². The maximum Gasteiger partial charge on any atom is 0.321 e. The Morgan fingerprint density at radius 2 is 2.00 bits per heavy atom. The molecule has 0 fully saturated rings. The van der Waals surface area contributed by atoms with Crippen molar-refractivity contribution in [3.8, 4) is 5.75 Å². The second-order valence-electron chi connectivity index (χ2n) is 5.47. The van der Waals surface area contributed by atoms with Crippen molar-refractivity contribution in [2.75, 3.05) is 12.4 Å². The number of non-ortho nitro benzene ring substituents is 1. The molecule has 0 unspecified atom stereocenters. The second-order valence-corrected chi connectivity index (χ2v) is 5.47. The van der Waals surface area contributed by atoms with E-state index in [9.17, 15) is 14.9 Å². The first-order valence-corrected chi connectivity index (χ1v) is 6.39. The molecule has 0 aliphatic heterocycles. The van der Waals surface area contributed by atoms with E-state index in [1.807, 2.05) is 20.8 Å². The van der Waals surface area contributed by atoms with Crippen LogP contribution in [0.15, 0.2) is 18.2 Å². The SMILES string of the molecule is COc1cc([N+](=O)[O-])ccc1NC(=N)NC(=O)NC(C)(C)C. The number of rotatable bonds is 3. The molecule has 1 aromatic rings. The summed E-state index contributed by atoms with van der Waals surface area (Å²) in [5, 5.41) is 26.0. The van der Waals surface area contributed by atoms with E-state index in [-0.39, 0.29) is 17.4 Å². The van der Waals surface area contributed by atoms with Crippen LogP contribution in [0.3, 0.4) is 0 Å². The minimum absolute atomic E-state index is 0.132.